The molecular formula is C20H30N2O3S2. The van der Waals surface area contributed by atoms with Crippen molar-refractivity contribution in [1.29, 1.82) is 0 Å². The number of fused-ring (bicyclic) bond motifs is 2. The van der Waals surface area contributed by atoms with Crippen molar-refractivity contribution < 1.29 is 13.2 Å². The summed E-state index contributed by atoms with van der Waals surface area (Å²) in [5, 5.41) is 3.11. The fourth-order valence-corrected chi connectivity index (χ4v) is 6.39. The number of benzene rings is 1. The molecule has 2 saturated carbocycles. The van der Waals surface area contributed by atoms with E-state index in [0.29, 0.717) is 12.3 Å². The summed E-state index contributed by atoms with van der Waals surface area (Å²) in [5.41, 5.74) is 0. The van der Waals surface area contributed by atoms with Crippen molar-refractivity contribution in [1.82, 2.24) is 10.0 Å². The third-order valence-corrected chi connectivity index (χ3v) is 8.21. The maximum atomic E-state index is 12.9. The lowest BCUT2D eigenvalue weighted by molar-refractivity contribution is -0.123. The molecule has 27 heavy (non-hydrogen) atoms. The van der Waals surface area contributed by atoms with Gasteiger partial charge in [0.1, 0.15) is 6.04 Å². The van der Waals surface area contributed by atoms with Gasteiger partial charge in [-0.25, -0.2) is 8.42 Å². The summed E-state index contributed by atoms with van der Waals surface area (Å²) in [7, 11) is -3.72. The second-order valence-electron chi connectivity index (χ2n) is 7.90. The van der Waals surface area contributed by atoms with E-state index < -0.39 is 16.1 Å². The number of rotatable bonds is 9. The van der Waals surface area contributed by atoms with Crippen molar-refractivity contribution >= 4 is 27.7 Å². The Balaban J connectivity index is 1.65. The lowest BCUT2D eigenvalue weighted by Gasteiger charge is -2.30. The summed E-state index contributed by atoms with van der Waals surface area (Å²) in [6.45, 7) is 2.07. The van der Waals surface area contributed by atoms with E-state index in [2.05, 4.69) is 17.0 Å². The SMILES string of the molecule is CSCCC(NS(=O)(=O)c1ccccc1)C(=O)NC(C)C1CC2CCC1C2. The lowest BCUT2D eigenvalue weighted by atomic mass is 9.84. The van der Waals surface area contributed by atoms with Crippen LogP contribution < -0.4 is 10.0 Å². The molecule has 0 radical (unpaired) electrons. The predicted molar refractivity (Wildman–Crippen MR) is 110 cm³/mol. The molecule has 5 atom stereocenters. The number of thioether (sulfide) groups is 1. The zero-order valence-corrected chi connectivity index (χ0v) is 17.7. The van der Waals surface area contributed by atoms with Crippen LogP contribution in [0.2, 0.25) is 0 Å². The van der Waals surface area contributed by atoms with Crippen LogP contribution in [0.15, 0.2) is 35.2 Å². The standard InChI is InChI=1S/C20H30N2O3S2/c1-14(18-13-15-8-9-16(18)12-15)21-20(23)19(10-11-26-2)22-27(24,25)17-6-4-3-5-7-17/h3-7,14-16,18-19,22H,8-13H2,1-2H3,(H,21,23). The maximum Gasteiger partial charge on any atom is 0.241 e. The Morgan fingerprint density at radius 1 is 1.22 bits per heavy atom. The van der Waals surface area contributed by atoms with Gasteiger partial charge < -0.3 is 5.32 Å². The molecule has 0 aromatic heterocycles. The van der Waals surface area contributed by atoms with Crippen LogP contribution in [-0.4, -0.2) is 38.4 Å². The molecule has 150 valence electrons. The van der Waals surface area contributed by atoms with Gasteiger partial charge in [-0.3, -0.25) is 4.79 Å². The summed E-state index contributed by atoms with van der Waals surface area (Å²) in [4.78, 5) is 13.1. The van der Waals surface area contributed by atoms with Gasteiger partial charge in [0.15, 0.2) is 0 Å². The van der Waals surface area contributed by atoms with Crippen molar-refractivity contribution in [2.45, 2.75) is 56.0 Å². The van der Waals surface area contributed by atoms with Gasteiger partial charge in [0.25, 0.3) is 0 Å². The van der Waals surface area contributed by atoms with E-state index in [1.165, 1.54) is 25.7 Å². The Labute approximate surface area is 167 Å². The Kier molecular flexibility index (Phi) is 6.87. The Morgan fingerprint density at radius 3 is 2.56 bits per heavy atom. The van der Waals surface area contributed by atoms with E-state index in [1.807, 2.05) is 6.26 Å². The molecule has 0 spiro atoms. The van der Waals surface area contributed by atoms with E-state index in [-0.39, 0.29) is 16.8 Å². The fourth-order valence-electron chi connectivity index (χ4n) is 4.67. The maximum absolute atomic E-state index is 12.9. The highest BCUT2D eigenvalue weighted by Gasteiger charge is 2.42. The fraction of sp³-hybridized carbons (Fsp3) is 0.650. The molecule has 2 fully saturated rings. The molecule has 5 nitrogen and oxygen atoms in total. The van der Waals surface area contributed by atoms with Gasteiger partial charge >= 0.3 is 0 Å². The van der Waals surface area contributed by atoms with E-state index in [4.69, 9.17) is 0 Å². The van der Waals surface area contributed by atoms with E-state index >= 15 is 0 Å². The molecule has 3 rings (SSSR count). The first-order chi connectivity index (χ1) is 12.9. The zero-order valence-electron chi connectivity index (χ0n) is 16.1. The second kappa shape index (κ2) is 8.97. The first-order valence-electron chi connectivity index (χ1n) is 9.77. The van der Waals surface area contributed by atoms with Crippen LogP contribution in [0.4, 0.5) is 0 Å². The van der Waals surface area contributed by atoms with Gasteiger partial charge in [0.05, 0.1) is 4.90 Å². The van der Waals surface area contributed by atoms with Gasteiger partial charge in [-0.2, -0.15) is 16.5 Å². The normalized spacial score (nSPS) is 26.7. The average molecular weight is 411 g/mol. The van der Waals surface area contributed by atoms with Crippen LogP contribution in [0, 0.1) is 17.8 Å². The predicted octanol–water partition coefficient (Wildman–Crippen LogP) is 3.03. The molecule has 2 aliphatic carbocycles. The second-order valence-corrected chi connectivity index (χ2v) is 10.6. The molecule has 1 aromatic rings. The largest absolute Gasteiger partial charge is 0.352 e. The number of carbonyl (C=O) groups is 1. The van der Waals surface area contributed by atoms with Crippen LogP contribution in [-0.2, 0) is 14.8 Å². The summed E-state index contributed by atoms with van der Waals surface area (Å²) in [6, 6.07) is 7.57. The van der Waals surface area contributed by atoms with Crippen LogP contribution in [0.5, 0.6) is 0 Å². The number of amides is 1. The topological polar surface area (TPSA) is 75.3 Å². The summed E-state index contributed by atoms with van der Waals surface area (Å²) in [5.74, 6) is 2.58. The minimum Gasteiger partial charge on any atom is -0.352 e. The summed E-state index contributed by atoms with van der Waals surface area (Å²) < 4.78 is 27.9. The summed E-state index contributed by atoms with van der Waals surface area (Å²) in [6.07, 6.45) is 7.51. The van der Waals surface area contributed by atoms with Gasteiger partial charge in [0, 0.05) is 6.04 Å². The first kappa shape index (κ1) is 20.7. The lowest BCUT2D eigenvalue weighted by Crippen LogP contribution is -2.51. The molecule has 2 bridgehead atoms. The van der Waals surface area contributed by atoms with Crippen molar-refractivity contribution in [2.75, 3.05) is 12.0 Å². The molecule has 0 saturated heterocycles. The van der Waals surface area contributed by atoms with E-state index in [0.717, 1.165) is 17.6 Å². The number of nitrogens with one attached hydrogen (secondary N) is 2. The molecule has 2 N–H and O–H groups in total. The van der Waals surface area contributed by atoms with E-state index in [9.17, 15) is 13.2 Å². The van der Waals surface area contributed by atoms with E-state index in [1.54, 1.807) is 42.1 Å². The Hall–Kier alpha value is -1.05. The van der Waals surface area contributed by atoms with Gasteiger partial charge in [0.2, 0.25) is 15.9 Å². The smallest absolute Gasteiger partial charge is 0.241 e. The van der Waals surface area contributed by atoms with Crippen LogP contribution in [0.3, 0.4) is 0 Å². The highest BCUT2D eigenvalue weighted by atomic mass is 32.2. The monoisotopic (exact) mass is 410 g/mol. The minimum absolute atomic E-state index is 0.0887. The quantitative estimate of drug-likeness (QED) is 0.656. The molecule has 0 heterocycles. The third kappa shape index (κ3) is 5.06. The van der Waals surface area contributed by atoms with Crippen molar-refractivity contribution in [3.63, 3.8) is 0 Å². The molecule has 1 amide bonds. The van der Waals surface area contributed by atoms with Gasteiger partial charge in [-0.1, -0.05) is 24.6 Å². The van der Waals surface area contributed by atoms with Crippen molar-refractivity contribution in [3.8, 4) is 0 Å². The third-order valence-electron chi connectivity index (χ3n) is 6.08. The van der Waals surface area contributed by atoms with Crippen molar-refractivity contribution in [3.05, 3.63) is 30.3 Å². The van der Waals surface area contributed by atoms with Crippen LogP contribution in [0.25, 0.3) is 0 Å². The van der Waals surface area contributed by atoms with Crippen LogP contribution in [0.1, 0.15) is 39.0 Å². The highest BCUT2D eigenvalue weighted by molar-refractivity contribution is 7.98. The molecule has 0 aliphatic heterocycles. The van der Waals surface area contributed by atoms with Crippen LogP contribution >= 0.6 is 11.8 Å². The molecule has 1 aromatic carbocycles. The molecule has 7 heteroatoms. The number of sulfonamides is 1. The number of hydrogen-bond acceptors (Lipinski definition) is 4. The van der Waals surface area contributed by atoms with Gasteiger partial charge in [-0.05, 0) is 74.5 Å². The highest BCUT2D eigenvalue weighted by Crippen LogP contribution is 2.49. The number of hydrogen-bond donors (Lipinski definition) is 2. The van der Waals surface area contributed by atoms with Gasteiger partial charge in [-0.15, -0.1) is 0 Å². The minimum atomic E-state index is -3.72. The Bertz CT molecular complexity index is 739. The molecule has 5 unspecified atom stereocenters. The van der Waals surface area contributed by atoms with Crippen molar-refractivity contribution in [2.24, 2.45) is 17.8 Å². The molecule has 2 aliphatic rings. The first-order valence-corrected chi connectivity index (χ1v) is 12.6. The zero-order chi connectivity index (χ0) is 19.4. The average Bonchev–Trinajstić information content (AvgIpc) is 3.29. The Morgan fingerprint density at radius 2 is 1.96 bits per heavy atom. The molecular weight excluding hydrogens is 380 g/mol. The summed E-state index contributed by atoms with van der Waals surface area (Å²) >= 11 is 1.61. The number of carbonyl (C=O) groups excluding carboxylic acids is 1.